The molecule has 2 saturated heterocycles. The molecule has 0 aliphatic carbocycles. The average molecular weight is 285 g/mol. The highest BCUT2D eigenvalue weighted by Crippen LogP contribution is 2.30. The van der Waals surface area contributed by atoms with Crippen molar-refractivity contribution < 1.29 is 0 Å². The Labute approximate surface area is 124 Å². The van der Waals surface area contributed by atoms with Gasteiger partial charge in [-0.2, -0.15) is 11.8 Å². The summed E-state index contributed by atoms with van der Waals surface area (Å²) in [6, 6.07) is 1.36. The molecule has 0 radical (unpaired) electrons. The highest BCUT2D eigenvalue weighted by molar-refractivity contribution is 8.00. The number of piperazine rings is 1. The van der Waals surface area contributed by atoms with Crippen molar-refractivity contribution in [2.75, 3.05) is 25.4 Å². The smallest absolute Gasteiger partial charge is 0.0244 e. The van der Waals surface area contributed by atoms with Gasteiger partial charge in [0.2, 0.25) is 0 Å². The fraction of sp³-hybridized carbons (Fsp3) is 1.00. The van der Waals surface area contributed by atoms with E-state index in [0.29, 0.717) is 11.5 Å². The zero-order valence-corrected chi connectivity index (χ0v) is 14.2. The van der Waals surface area contributed by atoms with Crippen LogP contribution in [0.5, 0.6) is 0 Å². The van der Waals surface area contributed by atoms with Crippen molar-refractivity contribution in [3.05, 3.63) is 0 Å². The Hall–Kier alpha value is 0.270. The van der Waals surface area contributed by atoms with E-state index in [1.54, 1.807) is 0 Å². The predicted molar refractivity (Wildman–Crippen MR) is 86.9 cm³/mol. The standard InChI is InChI=1S/C16H32N2S/c1-12(2)14-9-17-15(16(3,4)5)11-18(14)10-13-7-6-8-19-13/h12-15,17H,6-11H2,1-5H3. The van der Waals surface area contributed by atoms with Gasteiger partial charge in [0.05, 0.1) is 0 Å². The van der Waals surface area contributed by atoms with Gasteiger partial charge in [-0.3, -0.25) is 4.90 Å². The van der Waals surface area contributed by atoms with Crippen LogP contribution in [0.4, 0.5) is 0 Å². The molecule has 3 atom stereocenters. The third-order valence-electron chi connectivity index (χ3n) is 4.74. The maximum absolute atomic E-state index is 3.80. The fourth-order valence-electron chi connectivity index (χ4n) is 3.32. The van der Waals surface area contributed by atoms with E-state index in [1.807, 2.05) is 0 Å². The maximum atomic E-state index is 3.80. The van der Waals surface area contributed by atoms with Gasteiger partial charge in [0.15, 0.2) is 0 Å². The molecule has 0 aromatic carbocycles. The first-order chi connectivity index (χ1) is 8.88. The lowest BCUT2D eigenvalue weighted by atomic mass is 9.83. The van der Waals surface area contributed by atoms with Crippen LogP contribution in [0.2, 0.25) is 0 Å². The van der Waals surface area contributed by atoms with Gasteiger partial charge < -0.3 is 5.32 Å². The van der Waals surface area contributed by atoms with Gasteiger partial charge in [0.25, 0.3) is 0 Å². The minimum atomic E-state index is 0.364. The van der Waals surface area contributed by atoms with E-state index >= 15 is 0 Å². The average Bonchev–Trinajstić information content (AvgIpc) is 2.80. The number of nitrogens with zero attached hydrogens (tertiary/aromatic N) is 1. The third kappa shape index (κ3) is 4.12. The first-order valence-corrected chi connectivity index (χ1v) is 9.02. The van der Waals surface area contributed by atoms with Crippen LogP contribution >= 0.6 is 11.8 Å². The van der Waals surface area contributed by atoms with Crippen molar-refractivity contribution in [2.45, 2.75) is 64.8 Å². The topological polar surface area (TPSA) is 15.3 Å². The van der Waals surface area contributed by atoms with Gasteiger partial charge in [-0.05, 0) is 29.9 Å². The molecule has 2 heterocycles. The van der Waals surface area contributed by atoms with Gasteiger partial charge in [-0.25, -0.2) is 0 Å². The van der Waals surface area contributed by atoms with Crippen LogP contribution in [0.15, 0.2) is 0 Å². The zero-order valence-electron chi connectivity index (χ0n) is 13.4. The Morgan fingerprint density at radius 2 is 2.05 bits per heavy atom. The molecule has 3 heteroatoms. The second-order valence-corrected chi connectivity index (χ2v) is 9.14. The lowest BCUT2D eigenvalue weighted by Gasteiger charge is -2.47. The van der Waals surface area contributed by atoms with Gasteiger partial charge >= 0.3 is 0 Å². The van der Waals surface area contributed by atoms with E-state index in [-0.39, 0.29) is 0 Å². The molecule has 112 valence electrons. The summed E-state index contributed by atoms with van der Waals surface area (Å²) < 4.78 is 0. The Balaban J connectivity index is 1.99. The summed E-state index contributed by atoms with van der Waals surface area (Å²) in [4.78, 5) is 2.79. The van der Waals surface area contributed by atoms with Crippen molar-refractivity contribution in [1.82, 2.24) is 10.2 Å². The normalized spacial score (nSPS) is 34.1. The molecule has 2 rings (SSSR count). The summed E-state index contributed by atoms with van der Waals surface area (Å²) in [6.45, 7) is 15.5. The molecule has 0 bridgehead atoms. The first kappa shape index (κ1) is 15.7. The molecule has 1 N–H and O–H groups in total. The molecular formula is C16H32N2S. The highest BCUT2D eigenvalue weighted by atomic mass is 32.2. The van der Waals surface area contributed by atoms with Crippen molar-refractivity contribution >= 4 is 11.8 Å². The first-order valence-electron chi connectivity index (χ1n) is 7.97. The minimum Gasteiger partial charge on any atom is -0.311 e. The molecule has 0 saturated carbocycles. The van der Waals surface area contributed by atoms with E-state index in [4.69, 9.17) is 0 Å². The summed E-state index contributed by atoms with van der Waals surface area (Å²) in [7, 11) is 0. The van der Waals surface area contributed by atoms with Crippen LogP contribution < -0.4 is 5.32 Å². The summed E-state index contributed by atoms with van der Waals surface area (Å²) in [5, 5.41) is 4.69. The third-order valence-corrected chi connectivity index (χ3v) is 6.12. The molecule has 0 aromatic rings. The minimum absolute atomic E-state index is 0.364. The van der Waals surface area contributed by atoms with Gasteiger partial charge in [-0.1, -0.05) is 34.6 Å². The number of hydrogen-bond donors (Lipinski definition) is 1. The van der Waals surface area contributed by atoms with Crippen LogP contribution in [0, 0.1) is 11.3 Å². The Kier molecular flexibility index (Phi) is 5.24. The van der Waals surface area contributed by atoms with E-state index in [2.05, 4.69) is 56.6 Å². The van der Waals surface area contributed by atoms with Crippen molar-refractivity contribution in [1.29, 1.82) is 0 Å². The van der Waals surface area contributed by atoms with Crippen molar-refractivity contribution in [3.8, 4) is 0 Å². The number of hydrogen-bond acceptors (Lipinski definition) is 3. The molecule has 2 nitrogen and oxygen atoms in total. The molecule has 2 aliphatic heterocycles. The molecule has 0 amide bonds. The quantitative estimate of drug-likeness (QED) is 0.856. The number of thioether (sulfide) groups is 1. The van der Waals surface area contributed by atoms with Gasteiger partial charge in [0.1, 0.15) is 0 Å². The highest BCUT2D eigenvalue weighted by Gasteiger charge is 2.36. The largest absolute Gasteiger partial charge is 0.311 e. The second-order valence-electron chi connectivity index (χ2n) is 7.73. The lowest BCUT2D eigenvalue weighted by Crippen LogP contribution is -2.62. The van der Waals surface area contributed by atoms with Crippen molar-refractivity contribution in [3.63, 3.8) is 0 Å². The van der Waals surface area contributed by atoms with Gasteiger partial charge in [0, 0.05) is 37.0 Å². The second kappa shape index (κ2) is 6.36. The van der Waals surface area contributed by atoms with Crippen LogP contribution in [0.3, 0.4) is 0 Å². The molecule has 3 unspecified atom stereocenters. The molecule has 2 fully saturated rings. The van der Waals surface area contributed by atoms with E-state index in [9.17, 15) is 0 Å². The lowest BCUT2D eigenvalue weighted by molar-refractivity contribution is 0.0636. The van der Waals surface area contributed by atoms with E-state index in [1.165, 1.54) is 31.7 Å². The van der Waals surface area contributed by atoms with Crippen LogP contribution in [0.1, 0.15) is 47.5 Å². The number of rotatable bonds is 3. The van der Waals surface area contributed by atoms with Crippen LogP contribution in [0.25, 0.3) is 0 Å². The Bertz CT molecular complexity index is 279. The SMILES string of the molecule is CC(C)C1CNC(C(C)(C)C)CN1CC1CCCS1. The van der Waals surface area contributed by atoms with Crippen molar-refractivity contribution in [2.24, 2.45) is 11.3 Å². The maximum Gasteiger partial charge on any atom is 0.0244 e. The number of nitrogens with one attached hydrogen (secondary N) is 1. The summed E-state index contributed by atoms with van der Waals surface area (Å²) in [5.74, 6) is 2.13. The predicted octanol–water partition coefficient (Wildman–Crippen LogP) is 3.23. The van der Waals surface area contributed by atoms with Crippen LogP contribution in [-0.4, -0.2) is 47.6 Å². The van der Waals surface area contributed by atoms with E-state index in [0.717, 1.165) is 23.8 Å². The molecular weight excluding hydrogens is 252 g/mol. The van der Waals surface area contributed by atoms with Gasteiger partial charge in [-0.15, -0.1) is 0 Å². The molecule has 2 aliphatic rings. The van der Waals surface area contributed by atoms with E-state index < -0.39 is 0 Å². The summed E-state index contributed by atoms with van der Waals surface area (Å²) in [6.07, 6.45) is 2.86. The molecule has 0 aromatic heterocycles. The fourth-order valence-corrected chi connectivity index (χ4v) is 4.62. The van der Waals surface area contributed by atoms with Crippen LogP contribution in [-0.2, 0) is 0 Å². The summed E-state index contributed by atoms with van der Waals surface area (Å²) in [5.41, 5.74) is 0.364. The zero-order chi connectivity index (χ0) is 14.0. The monoisotopic (exact) mass is 284 g/mol. The Morgan fingerprint density at radius 1 is 1.32 bits per heavy atom. The molecule has 19 heavy (non-hydrogen) atoms. The Morgan fingerprint density at radius 3 is 2.58 bits per heavy atom. The molecule has 0 spiro atoms. The summed E-state index contributed by atoms with van der Waals surface area (Å²) >= 11 is 2.20.